The molecular formula is C22H29F3N6O4. The summed E-state index contributed by atoms with van der Waals surface area (Å²) in [5, 5.41) is 11.8. The standard InChI is InChI=1S/C22H29F3N6O4/c1-20(2,3)15(29-19(35)22(23,24)25)18(34)31-9-10-12(21(10,4)5)14(31)17(33)28-13(16(26)32)11-7-6-8-27-30-11/h6-8,10,12-15H,9H2,1-5H3,(H2,26,32)(H,28,33)(H,29,35)/t10-,12-,13?,14-,15?/m0/s1. The molecule has 3 rings (SSSR count). The summed E-state index contributed by atoms with van der Waals surface area (Å²) in [4.78, 5) is 51.8. The number of amides is 4. The van der Waals surface area contributed by atoms with Crippen LogP contribution < -0.4 is 16.4 Å². The van der Waals surface area contributed by atoms with E-state index in [4.69, 9.17) is 5.73 Å². The number of nitrogens with two attached hydrogens (primary N) is 1. The molecule has 4 amide bonds. The third-order valence-electron chi connectivity index (χ3n) is 6.87. The smallest absolute Gasteiger partial charge is 0.368 e. The number of likely N-dealkylation sites (tertiary alicyclic amines) is 1. The molecule has 1 saturated heterocycles. The van der Waals surface area contributed by atoms with Crippen molar-refractivity contribution in [1.29, 1.82) is 0 Å². The molecule has 0 radical (unpaired) electrons. The number of halogens is 3. The van der Waals surface area contributed by atoms with Crippen LogP contribution in [0.1, 0.15) is 46.4 Å². The Morgan fingerprint density at radius 2 is 1.80 bits per heavy atom. The number of nitrogens with zero attached hydrogens (tertiary/aromatic N) is 3. The van der Waals surface area contributed by atoms with Crippen molar-refractivity contribution in [3.05, 3.63) is 24.0 Å². The molecule has 1 saturated carbocycles. The van der Waals surface area contributed by atoms with Crippen LogP contribution in [0.4, 0.5) is 13.2 Å². The maximum absolute atomic E-state index is 13.5. The molecule has 0 bridgehead atoms. The summed E-state index contributed by atoms with van der Waals surface area (Å²) in [5.41, 5.74) is 4.16. The first-order valence-electron chi connectivity index (χ1n) is 11.0. The molecule has 1 aromatic rings. The Hall–Kier alpha value is -3.25. The number of fused-ring (bicyclic) bond motifs is 1. The van der Waals surface area contributed by atoms with E-state index in [-0.39, 0.29) is 29.5 Å². The highest BCUT2D eigenvalue weighted by atomic mass is 19.4. The second-order valence-corrected chi connectivity index (χ2v) is 10.7. The molecule has 13 heteroatoms. The summed E-state index contributed by atoms with van der Waals surface area (Å²) in [6.45, 7) is 8.50. The molecule has 1 aromatic heterocycles. The molecular weight excluding hydrogens is 469 g/mol. The van der Waals surface area contributed by atoms with Crippen LogP contribution >= 0.6 is 0 Å². The van der Waals surface area contributed by atoms with Gasteiger partial charge in [0.15, 0.2) is 6.04 Å². The number of piperidine rings is 1. The molecule has 2 aliphatic rings. The maximum Gasteiger partial charge on any atom is 0.471 e. The van der Waals surface area contributed by atoms with Crippen molar-refractivity contribution >= 4 is 23.6 Å². The van der Waals surface area contributed by atoms with E-state index in [2.05, 4.69) is 15.5 Å². The molecule has 1 aliphatic heterocycles. The van der Waals surface area contributed by atoms with E-state index in [0.717, 1.165) is 0 Å². The normalized spacial score (nSPS) is 24.7. The lowest BCUT2D eigenvalue weighted by Gasteiger charge is -2.37. The van der Waals surface area contributed by atoms with Gasteiger partial charge in [0.05, 0.1) is 5.69 Å². The third kappa shape index (κ3) is 5.08. The van der Waals surface area contributed by atoms with Crippen LogP contribution in [0.25, 0.3) is 0 Å². The second kappa shape index (κ2) is 8.76. The summed E-state index contributed by atoms with van der Waals surface area (Å²) in [5.74, 6) is -5.02. The van der Waals surface area contributed by atoms with E-state index >= 15 is 0 Å². The fourth-order valence-corrected chi connectivity index (χ4v) is 4.83. The zero-order valence-electron chi connectivity index (χ0n) is 20.0. The minimum Gasteiger partial charge on any atom is -0.368 e. The predicted octanol–water partition coefficient (Wildman–Crippen LogP) is 0.695. The van der Waals surface area contributed by atoms with Crippen LogP contribution in [0, 0.1) is 22.7 Å². The van der Waals surface area contributed by atoms with Crippen molar-refractivity contribution in [3.8, 4) is 0 Å². The lowest BCUT2D eigenvalue weighted by atomic mass is 9.85. The summed E-state index contributed by atoms with van der Waals surface area (Å²) in [7, 11) is 0. The average Bonchev–Trinajstić information content (AvgIpc) is 3.08. The molecule has 2 heterocycles. The van der Waals surface area contributed by atoms with Gasteiger partial charge in [0.1, 0.15) is 12.1 Å². The van der Waals surface area contributed by atoms with Gasteiger partial charge in [-0.3, -0.25) is 19.2 Å². The van der Waals surface area contributed by atoms with E-state index in [9.17, 15) is 32.3 Å². The van der Waals surface area contributed by atoms with Crippen molar-refractivity contribution in [2.75, 3.05) is 6.54 Å². The molecule has 2 fully saturated rings. The molecule has 5 atom stereocenters. The fraction of sp³-hybridized carbons (Fsp3) is 0.636. The molecule has 10 nitrogen and oxygen atoms in total. The average molecular weight is 499 g/mol. The fourth-order valence-electron chi connectivity index (χ4n) is 4.83. The number of rotatable bonds is 6. The first kappa shape index (κ1) is 26.4. The molecule has 0 spiro atoms. The second-order valence-electron chi connectivity index (χ2n) is 10.7. The number of carbonyl (C=O) groups is 4. The topological polar surface area (TPSA) is 147 Å². The molecule has 1 aliphatic carbocycles. The van der Waals surface area contributed by atoms with Crippen LogP contribution in [0.3, 0.4) is 0 Å². The highest BCUT2D eigenvalue weighted by Crippen LogP contribution is 2.65. The molecule has 2 unspecified atom stereocenters. The van der Waals surface area contributed by atoms with Crippen molar-refractivity contribution in [1.82, 2.24) is 25.7 Å². The summed E-state index contributed by atoms with van der Waals surface area (Å²) < 4.78 is 38.8. The van der Waals surface area contributed by atoms with E-state index in [1.54, 1.807) is 5.32 Å². The summed E-state index contributed by atoms with van der Waals surface area (Å²) in [6.07, 6.45) is -3.80. The number of aromatic nitrogens is 2. The van der Waals surface area contributed by atoms with Gasteiger partial charge in [-0.2, -0.15) is 23.4 Å². The number of primary amides is 1. The minimum absolute atomic E-state index is 0.0790. The zero-order valence-corrected chi connectivity index (χ0v) is 20.0. The van der Waals surface area contributed by atoms with Crippen LogP contribution in [-0.2, 0) is 19.2 Å². The number of nitrogens with one attached hydrogen (secondary N) is 2. The lowest BCUT2D eigenvalue weighted by molar-refractivity contribution is -0.176. The largest absolute Gasteiger partial charge is 0.471 e. The van der Waals surface area contributed by atoms with E-state index in [1.807, 2.05) is 13.8 Å². The van der Waals surface area contributed by atoms with Gasteiger partial charge >= 0.3 is 12.1 Å². The quantitative estimate of drug-likeness (QED) is 0.526. The Kier molecular flexibility index (Phi) is 6.59. The third-order valence-corrected chi connectivity index (χ3v) is 6.87. The monoisotopic (exact) mass is 498 g/mol. The Morgan fingerprint density at radius 3 is 2.29 bits per heavy atom. The van der Waals surface area contributed by atoms with E-state index in [0.29, 0.717) is 0 Å². The van der Waals surface area contributed by atoms with Crippen molar-refractivity contribution in [2.45, 2.75) is 58.9 Å². The number of carbonyl (C=O) groups excluding carboxylic acids is 4. The van der Waals surface area contributed by atoms with Gasteiger partial charge in [0.2, 0.25) is 17.7 Å². The Bertz CT molecular complexity index is 1020. The minimum atomic E-state index is -5.18. The Balaban J connectivity index is 1.90. The van der Waals surface area contributed by atoms with E-state index in [1.165, 1.54) is 44.0 Å². The number of alkyl halides is 3. The summed E-state index contributed by atoms with van der Waals surface area (Å²) in [6, 6.07) is -0.981. The maximum atomic E-state index is 13.5. The van der Waals surface area contributed by atoms with Crippen LogP contribution in [0.2, 0.25) is 0 Å². The van der Waals surface area contributed by atoms with Gasteiger partial charge < -0.3 is 21.3 Å². The Morgan fingerprint density at radius 1 is 1.17 bits per heavy atom. The number of hydrogen-bond acceptors (Lipinski definition) is 6. The molecule has 35 heavy (non-hydrogen) atoms. The van der Waals surface area contributed by atoms with Gasteiger partial charge in [-0.05, 0) is 34.8 Å². The first-order chi connectivity index (χ1) is 16.0. The molecule has 192 valence electrons. The number of hydrogen-bond donors (Lipinski definition) is 3. The van der Waals surface area contributed by atoms with Crippen LogP contribution in [0.15, 0.2) is 18.3 Å². The zero-order chi connectivity index (χ0) is 26.5. The van der Waals surface area contributed by atoms with Gasteiger partial charge in [0.25, 0.3) is 0 Å². The SMILES string of the molecule is CC(C)(C)C(NC(=O)C(F)(F)F)C(=O)N1C[C@H]2[C@@H]([C@H]1C(=O)NC(C(N)=O)c1cccnn1)C2(C)C. The van der Waals surface area contributed by atoms with Crippen LogP contribution in [-0.4, -0.2) is 63.5 Å². The molecule has 0 aromatic carbocycles. The molecule has 4 N–H and O–H groups in total. The summed E-state index contributed by atoms with van der Waals surface area (Å²) >= 11 is 0. The van der Waals surface area contributed by atoms with Gasteiger partial charge in [-0.1, -0.05) is 34.6 Å². The van der Waals surface area contributed by atoms with Crippen molar-refractivity contribution in [2.24, 2.45) is 28.4 Å². The van der Waals surface area contributed by atoms with Crippen LogP contribution in [0.5, 0.6) is 0 Å². The van der Waals surface area contributed by atoms with Gasteiger partial charge in [-0.25, -0.2) is 0 Å². The first-order valence-corrected chi connectivity index (χ1v) is 11.0. The lowest BCUT2D eigenvalue weighted by Crippen LogP contribution is -2.61. The highest BCUT2D eigenvalue weighted by Gasteiger charge is 2.70. The van der Waals surface area contributed by atoms with Crippen molar-refractivity contribution in [3.63, 3.8) is 0 Å². The van der Waals surface area contributed by atoms with E-state index < -0.39 is 53.3 Å². The highest BCUT2D eigenvalue weighted by molar-refractivity contribution is 5.96. The van der Waals surface area contributed by atoms with Gasteiger partial charge in [0, 0.05) is 12.7 Å². The predicted molar refractivity (Wildman–Crippen MR) is 116 cm³/mol. The van der Waals surface area contributed by atoms with Gasteiger partial charge in [-0.15, -0.1) is 0 Å². The van der Waals surface area contributed by atoms with Crippen molar-refractivity contribution < 1.29 is 32.3 Å². The Labute approximate surface area is 200 Å².